The molecule has 18 heteroatoms. The molecule has 0 aromatic heterocycles. The number of allylic oxidation sites excluding steroid dienone is 4. The molecule has 0 saturated carbocycles. The zero-order valence-electron chi connectivity index (χ0n) is 56.1. The number of benzene rings is 12. The Labute approximate surface area is 613 Å². The van der Waals surface area contributed by atoms with Crippen molar-refractivity contribution in [2.45, 2.75) is 0 Å². The zero-order chi connectivity index (χ0) is 76.1. The standard InChI is InChI=1S/C90H46F8N10/c91-83-79(65(51-103)52-104)84(92)88(96)81(87(83)95)77(61-39-43-71(44-40-61)107(67-23-11-3-12-24-67)68-25-13-4-14-26-68)75(63(47-99)48-100)59-35-31-57(32-36-59)73(55-19-7-1-8-20-55)74(56-21-9-2-10-22-56)58-33-37-60(38-34-58)76(64(49-101)50-102)78(82-89(97)85(93)80(66(53-105)54-106)86(94)90(82)98)62-41-45-72(46-42-62)108(69-27-15-5-16-28-69)70-29-17-6-18-30-70/h1-46H/b74-73+. The lowest BCUT2D eigenvalue weighted by molar-refractivity contribution is 0.434. The van der Waals surface area contributed by atoms with E-state index in [1.165, 1.54) is 72.8 Å². The summed E-state index contributed by atoms with van der Waals surface area (Å²) in [6.45, 7) is 0. The van der Waals surface area contributed by atoms with Crippen molar-refractivity contribution in [1.82, 2.24) is 0 Å². The Kier molecular flexibility index (Phi) is 21.4. The van der Waals surface area contributed by atoms with E-state index in [1.54, 1.807) is 133 Å². The SMILES string of the molecule is N#CC(C#N)=C(C(c1ccc(N(c2ccccc2)c2ccccc2)cc1)=c1c(F)c(F)c(=C(C#N)C#N)c(F)c1F)c1ccc(/C(=C(\c2ccccc2)c2ccc(C(=C(C#N)C#N)C(c3ccc(N(c4ccccc4)c4ccccc4)cc3)=c3c(F)c(F)c(=C(C#N)C#N)c(F)c3F)cc2)c2ccccc2)cc1. The minimum Gasteiger partial charge on any atom is -0.311 e. The van der Waals surface area contributed by atoms with Gasteiger partial charge in [-0.2, -0.15) is 42.1 Å². The highest BCUT2D eigenvalue weighted by molar-refractivity contribution is 6.11. The van der Waals surface area contributed by atoms with Crippen LogP contribution in [0.3, 0.4) is 0 Å². The Hall–Kier alpha value is -15.7. The lowest BCUT2D eigenvalue weighted by atomic mass is 9.82. The van der Waals surface area contributed by atoms with Gasteiger partial charge >= 0.3 is 0 Å². The molecule has 108 heavy (non-hydrogen) atoms. The van der Waals surface area contributed by atoms with Crippen LogP contribution in [0.1, 0.15) is 44.5 Å². The fraction of sp³-hybridized carbons (Fsp3) is 0. The van der Waals surface area contributed by atoms with Gasteiger partial charge in [-0.05, 0) is 128 Å². The number of hydrogen-bond donors (Lipinski definition) is 0. The average Bonchev–Trinajstić information content (AvgIpc) is 0.750. The quantitative estimate of drug-likeness (QED) is 0.0388. The van der Waals surface area contributed by atoms with E-state index in [0.717, 1.165) is 0 Å². The molecular weight excluding hydrogens is 1370 g/mol. The Bertz CT molecular complexity index is 5700. The number of para-hydroxylation sites is 4. The lowest BCUT2D eigenvalue weighted by Gasteiger charge is -2.26. The molecule has 12 aromatic carbocycles. The van der Waals surface area contributed by atoms with Crippen molar-refractivity contribution in [3.8, 4) is 48.6 Å². The van der Waals surface area contributed by atoms with Gasteiger partial charge in [-0.1, -0.05) is 206 Å². The summed E-state index contributed by atoms with van der Waals surface area (Å²) in [4.78, 5) is 3.70. The van der Waals surface area contributed by atoms with E-state index >= 15 is 35.1 Å². The summed E-state index contributed by atoms with van der Waals surface area (Å²) in [5.41, 5.74) is -0.644. The monoisotopic (exact) mass is 1420 g/mol. The molecule has 512 valence electrons. The van der Waals surface area contributed by atoms with Gasteiger partial charge in [0.1, 0.15) is 70.8 Å². The van der Waals surface area contributed by atoms with Crippen molar-refractivity contribution in [3.05, 3.63) is 402 Å². The van der Waals surface area contributed by atoms with Crippen molar-refractivity contribution >= 4 is 78.7 Å². The molecule has 0 aliphatic rings. The molecule has 0 aliphatic heterocycles. The van der Waals surface area contributed by atoms with Crippen LogP contribution in [0.2, 0.25) is 0 Å². The van der Waals surface area contributed by atoms with E-state index in [-0.39, 0.29) is 22.3 Å². The van der Waals surface area contributed by atoms with Gasteiger partial charge in [0, 0.05) is 56.4 Å². The topological polar surface area (TPSA) is 197 Å². The van der Waals surface area contributed by atoms with Crippen LogP contribution >= 0.6 is 0 Å². The molecule has 12 rings (SSSR count). The van der Waals surface area contributed by atoms with Crippen LogP contribution < -0.4 is 30.7 Å². The Morgan fingerprint density at radius 3 is 0.630 bits per heavy atom. The van der Waals surface area contributed by atoms with Crippen LogP contribution in [0.15, 0.2) is 290 Å². The Balaban J connectivity index is 1.08. The molecule has 12 aromatic rings. The first-order valence-electron chi connectivity index (χ1n) is 32.6. The second kappa shape index (κ2) is 32.1. The highest BCUT2D eigenvalue weighted by Gasteiger charge is 2.31. The van der Waals surface area contributed by atoms with Gasteiger partial charge in [0.05, 0.1) is 20.9 Å². The summed E-state index contributed by atoms with van der Waals surface area (Å²) >= 11 is 0. The second-order valence-corrected chi connectivity index (χ2v) is 23.6. The summed E-state index contributed by atoms with van der Waals surface area (Å²) in [7, 11) is 0. The van der Waals surface area contributed by atoms with Crippen LogP contribution in [-0.2, 0) is 0 Å². The van der Waals surface area contributed by atoms with E-state index in [2.05, 4.69) is 0 Å². The van der Waals surface area contributed by atoms with Crippen LogP contribution in [-0.4, -0.2) is 0 Å². The molecule has 0 spiro atoms. The maximum absolute atomic E-state index is 17.3. The summed E-state index contributed by atoms with van der Waals surface area (Å²) in [6, 6.07) is 89.8. The Morgan fingerprint density at radius 1 is 0.204 bits per heavy atom. The number of rotatable bonds is 16. The fourth-order valence-corrected chi connectivity index (χ4v) is 12.8. The third kappa shape index (κ3) is 13.8. The van der Waals surface area contributed by atoms with Gasteiger partial charge < -0.3 is 9.80 Å². The minimum atomic E-state index is -2.12. The molecule has 0 unspecified atom stereocenters. The maximum Gasteiger partial charge on any atom is 0.171 e. The van der Waals surface area contributed by atoms with Gasteiger partial charge in [0.2, 0.25) is 0 Å². The third-order valence-corrected chi connectivity index (χ3v) is 17.6. The van der Waals surface area contributed by atoms with Gasteiger partial charge in [0.25, 0.3) is 0 Å². The summed E-state index contributed by atoms with van der Waals surface area (Å²) < 4.78 is 136. The van der Waals surface area contributed by atoms with Crippen molar-refractivity contribution in [1.29, 1.82) is 42.1 Å². The van der Waals surface area contributed by atoms with Crippen molar-refractivity contribution in [2.24, 2.45) is 0 Å². The highest BCUT2D eigenvalue weighted by Crippen LogP contribution is 2.43. The molecule has 0 bridgehead atoms. The van der Waals surface area contributed by atoms with Gasteiger partial charge in [0.15, 0.2) is 46.5 Å². The predicted octanol–water partition coefficient (Wildman–Crippen LogP) is 18.5. The molecule has 0 heterocycles. The number of nitriles is 8. The van der Waals surface area contributed by atoms with Gasteiger partial charge in [-0.25, -0.2) is 35.1 Å². The number of hydrogen-bond acceptors (Lipinski definition) is 10. The molecule has 0 atom stereocenters. The highest BCUT2D eigenvalue weighted by atomic mass is 19.2. The number of anilines is 6. The molecule has 10 nitrogen and oxygen atoms in total. The first kappa shape index (κ1) is 72.1. The normalized spacial score (nSPS) is 10.7. The second-order valence-electron chi connectivity index (χ2n) is 23.6. The molecule has 0 saturated heterocycles. The van der Waals surface area contributed by atoms with Crippen molar-refractivity contribution in [3.63, 3.8) is 0 Å². The van der Waals surface area contributed by atoms with Crippen LogP contribution in [0.4, 0.5) is 69.2 Å². The molecule has 0 amide bonds. The van der Waals surface area contributed by atoms with E-state index in [4.69, 9.17) is 0 Å². The molecule has 0 radical (unpaired) electrons. The minimum absolute atomic E-state index is 0.0957. The number of nitrogens with zero attached hydrogens (tertiary/aromatic N) is 10. The molecule has 0 fully saturated rings. The van der Waals surface area contributed by atoms with Crippen molar-refractivity contribution < 1.29 is 35.1 Å². The van der Waals surface area contributed by atoms with Gasteiger partial charge in [-0.3, -0.25) is 0 Å². The summed E-state index contributed by atoms with van der Waals surface area (Å²) in [6.07, 6.45) is 0. The lowest BCUT2D eigenvalue weighted by Crippen LogP contribution is -2.32. The molecule has 0 N–H and O–H groups in total. The predicted molar refractivity (Wildman–Crippen MR) is 395 cm³/mol. The largest absolute Gasteiger partial charge is 0.311 e. The third-order valence-electron chi connectivity index (χ3n) is 17.6. The number of halogens is 8. The molecular formula is C90H46F8N10. The van der Waals surface area contributed by atoms with Crippen LogP contribution in [0.5, 0.6) is 0 Å². The summed E-state index contributed by atoms with van der Waals surface area (Å²) in [5.74, 6) is -16.8. The summed E-state index contributed by atoms with van der Waals surface area (Å²) in [5, 5.41) is 76.3. The Morgan fingerprint density at radius 2 is 0.398 bits per heavy atom. The molecule has 0 aliphatic carbocycles. The fourth-order valence-electron chi connectivity index (χ4n) is 12.8. The first-order valence-corrected chi connectivity index (χ1v) is 32.6. The van der Waals surface area contributed by atoms with E-state index in [9.17, 15) is 42.1 Å². The van der Waals surface area contributed by atoms with E-state index in [1.807, 2.05) is 131 Å². The zero-order valence-corrected chi connectivity index (χ0v) is 56.1. The first-order chi connectivity index (χ1) is 52.6. The van der Waals surface area contributed by atoms with E-state index < -0.39 is 112 Å². The van der Waals surface area contributed by atoms with Crippen molar-refractivity contribution in [2.75, 3.05) is 9.80 Å². The maximum atomic E-state index is 17.3. The van der Waals surface area contributed by atoms with E-state index in [0.29, 0.717) is 67.5 Å². The average molecular weight is 1420 g/mol. The van der Waals surface area contributed by atoms with Crippen LogP contribution in [0, 0.1) is 137 Å². The van der Waals surface area contributed by atoms with Gasteiger partial charge in [-0.15, -0.1) is 0 Å². The smallest absolute Gasteiger partial charge is 0.171 e. The van der Waals surface area contributed by atoms with Crippen LogP contribution in [0.25, 0.3) is 44.6 Å².